The summed E-state index contributed by atoms with van der Waals surface area (Å²) in [5, 5.41) is 2.97. The predicted octanol–water partition coefficient (Wildman–Crippen LogP) is 1.18. The van der Waals surface area contributed by atoms with Gasteiger partial charge in [-0.3, -0.25) is 4.90 Å². The van der Waals surface area contributed by atoms with Gasteiger partial charge in [0.15, 0.2) is 9.84 Å². The van der Waals surface area contributed by atoms with E-state index in [4.69, 9.17) is 4.42 Å². The second-order valence-corrected chi connectivity index (χ2v) is 8.37. The van der Waals surface area contributed by atoms with E-state index in [1.165, 1.54) is 0 Å². The van der Waals surface area contributed by atoms with E-state index >= 15 is 0 Å². The molecule has 0 bridgehead atoms. The van der Waals surface area contributed by atoms with Crippen LogP contribution in [0.25, 0.3) is 0 Å². The van der Waals surface area contributed by atoms with Crippen molar-refractivity contribution in [3.8, 4) is 0 Å². The van der Waals surface area contributed by atoms with Crippen LogP contribution in [0.1, 0.15) is 12.7 Å². The molecule has 1 atom stereocenters. The molecule has 0 aliphatic carbocycles. The summed E-state index contributed by atoms with van der Waals surface area (Å²) in [5.41, 5.74) is 0. The molecule has 1 fully saturated rings. The molecular weight excluding hydrogens is 296 g/mol. The van der Waals surface area contributed by atoms with E-state index in [2.05, 4.69) is 10.2 Å². The van der Waals surface area contributed by atoms with E-state index in [1.54, 1.807) is 24.9 Å². The van der Waals surface area contributed by atoms with Gasteiger partial charge < -0.3 is 9.73 Å². The molecule has 1 aromatic heterocycles. The maximum absolute atomic E-state index is 12.1. The van der Waals surface area contributed by atoms with Crippen molar-refractivity contribution in [3.63, 3.8) is 0 Å². The normalized spacial score (nSPS) is 21.1. The van der Waals surface area contributed by atoms with Gasteiger partial charge in [0.2, 0.25) is 0 Å². The smallest absolute Gasteiger partial charge is 0.166 e. The lowest BCUT2D eigenvalue weighted by molar-refractivity contribution is 0.268. The fourth-order valence-corrected chi connectivity index (χ4v) is 5.35. The van der Waals surface area contributed by atoms with Crippen LogP contribution in [0.2, 0.25) is 0 Å². The number of nitrogens with zero attached hydrogens (tertiary/aromatic N) is 1. The third kappa shape index (κ3) is 4.25. The quantitative estimate of drug-likeness (QED) is 0.762. The number of sulfone groups is 1. The zero-order chi connectivity index (χ0) is 14.4. The van der Waals surface area contributed by atoms with Crippen molar-refractivity contribution in [1.29, 1.82) is 0 Å². The second kappa shape index (κ2) is 7.49. The molecule has 0 radical (unpaired) electrons. The number of hydrogen-bond donors (Lipinski definition) is 1. The number of rotatable bonds is 7. The van der Waals surface area contributed by atoms with Crippen LogP contribution >= 0.6 is 11.8 Å². The predicted molar refractivity (Wildman–Crippen MR) is 82.6 cm³/mol. The highest BCUT2D eigenvalue weighted by Crippen LogP contribution is 2.20. The molecule has 2 rings (SSSR count). The van der Waals surface area contributed by atoms with Gasteiger partial charge in [-0.25, -0.2) is 8.42 Å². The molecular formula is C13H22N2O3S2. The standard InChI is InChI=1S/C13H22N2O3S2/c1-2-20(16,17)13-11-19-9-7-15(13)6-5-14-10-12-4-3-8-18-12/h3-4,8,13-14H,2,5-7,9-11H2,1H3. The van der Waals surface area contributed by atoms with Gasteiger partial charge in [-0.2, -0.15) is 11.8 Å². The summed E-state index contributed by atoms with van der Waals surface area (Å²) in [7, 11) is -2.99. The van der Waals surface area contributed by atoms with Crippen LogP contribution in [0.15, 0.2) is 22.8 Å². The summed E-state index contributed by atoms with van der Waals surface area (Å²) in [6, 6.07) is 3.79. The zero-order valence-corrected chi connectivity index (χ0v) is 13.4. The van der Waals surface area contributed by atoms with E-state index in [-0.39, 0.29) is 11.1 Å². The fraction of sp³-hybridized carbons (Fsp3) is 0.692. The number of thioether (sulfide) groups is 1. The summed E-state index contributed by atoms with van der Waals surface area (Å²) in [6.45, 7) is 4.77. The Morgan fingerprint density at radius 1 is 1.55 bits per heavy atom. The van der Waals surface area contributed by atoms with Gasteiger partial charge in [0.25, 0.3) is 0 Å². The molecule has 0 aromatic carbocycles. The highest BCUT2D eigenvalue weighted by atomic mass is 32.2. The second-order valence-electron chi connectivity index (χ2n) is 4.77. The van der Waals surface area contributed by atoms with Crippen molar-refractivity contribution < 1.29 is 12.8 Å². The van der Waals surface area contributed by atoms with Crippen LogP contribution in [-0.4, -0.2) is 55.6 Å². The molecule has 5 nitrogen and oxygen atoms in total. The van der Waals surface area contributed by atoms with Crippen LogP contribution in [-0.2, 0) is 16.4 Å². The van der Waals surface area contributed by atoms with Crippen molar-refractivity contribution in [2.45, 2.75) is 18.8 Å². The molecule has 1 aliphatic heterocycles. The Kier molecular flexibility index (Phi) is 5.95. The lowest BCUT2D eigenvalue weighted by Gasteiger charge is -2.34. The molecule has 7 heteroatoms. The van der Waals surface area contributed by atoms with Crippen LogP contribution < -0.4 is 5.32 Å². The lowest BCUT2D eigenvalue weighted by atomic mass is 10.4. The zero-order valence-electron chi connectivity index (χ0n) is 11.7. The third-order valence-electron chi connectivity index (χ3n) is 3.46. The molecule has 1 unspecified atom stereocenters. The Morgan fingerprint density at radius 2 is 2.40 bits per heavy atom. The summed E-state index contributed by atoms with van der Waals surface area (Å²) < 4.78 is 29.4. The van der Waals surface area contributed by atoms with Crippen molar-refractivity contribution in [2.75, 3.05) is 36.9 Å². The summed E-state index contributed by atoms with van der Waals surface area (Å²) >= 11 is 1.73. The van der Waals surface area contributed by atoms with Crippen molar-refractivity contribution in [2.24, 2.45) is 0 Å². The number of hydrogen-bond acceptors (Lipinski definition) is 6. The van der Waals surface area contributed by atoms with Crippen molar-refractivity contribution in [3.05, 3.63) is 24.2 Å². The van der Waals surface area contributed by atoms with Gasteiger partial charge in [0.1, 0.15) is 11.1 Å². The molecule has 20 heavy (non-hydrogen) atoms. The maximum atomic E-state index is 12.1. The van der Waals surface area contributed by atoms with E-state index < -0.39 is 9.84 Å². The molecule has 2 heterocycles. The van der Waals surface area contributed by atoms with Gasteiger partial charge in [-0.1, -0.05) is 6.92 Å². The molecule has 1 aliphatic rings. The van der Waals surface area contributed by atoms with Crippen LogP contribution in [0, 0.1) is 0 Å². The summed E-state index contributed by atoms with van der Waals surface area (Å²) in [5.74, 6) is 2.81. The van der Waals surface area contributed by atoms with Crippen molar-refractivity contribution in [1.82, 2.24) is 10.2 Å². The highest BCUT2D eigenvalue weighted by Gasteiger charge is 2.32. The summed E-state index contributed by atoms with van der Waals surface area (Å²) in [4.78, 5) is 2.09. The Balaban J connectivity index is 1.80. The van der Waals surface area contributed by atoms with Gasteiger partial charge in [0, 0.05) is 36.9 Å². The minimum Gasteiger partial charge on any atom is -0.468 e. The fourth-order valence-electron chi connectivity index (χ4n) is 2.24. The third-order valence-corrected chi connectivity index (χ3v) is 6.79. The highest BCUT2D eigenvalue weighted by molar-refractivity contribution is 8.01. The molecule has 1 aromatic rings. The molecule has 0 amide bonds. The number of nitrogens with one attached hydrogen (secondary N) is 1. The topological polar surface area (TPSA) is 62.6 Å². The van der Waals surface area contributed by atoms with Gasteiger partial charge >= 0.3 is 0 Å². The summed E-state index contributed by atoms with van der Waals surface area (Å²) in [6.07, 6.45) is 1.66. The Bertz CT molecular complexity index is 488. The van der Waals surface area contributed by atoms with Gasteiger partial charge in [-0.05, 0) is 12.1 Å². The molecule has 1 N–H and O–H groups in total. The minimum absolute atomic E-state index is 0.217. The molecule has 0 saturated carbocycles. The van der Waals surface area contributed by atoms with E-state index in [0.717, 1.165) is 31.1 Å². The Labute approximate surface area is 125 Å². The first-order chi connectivity index (χ1) is 9.63. The van der Waals surface area contributed by atoms with Crippen LogP contribution in [0.5, 0.6) is 0 Å². The van der Waals surface area contributed by atoms with Gasteiger partial charge in [-0.15, -0.1) is 0 Å². The monoisotopic (exact) mass is 318 g/mol. The largest absolute Gasteiger partial charge is 0.468 e. The Morgan fingerprint density at radius 3 is 3.10 bits per heavy atom. The van der Waals surface area contributed by atoms with E-state index in [0.29, 0.717) is 12.3 Å². The average Bonchev–Trinajstić information content (AvgIpc) is 2.97. The Hall–Kier alpha value is -0.500. The first-order valence-electron chi connectivity index (χ1n) is 6.90. The SMILES string of the molecule is CCS(=O)(=O)C1CSCCN1CCNCc1ccco1. The van der Waals surface area contributed by atoms with E-state index in [9.17, 15) is 8.42 Å². The minimum atomic E-state index is -2.99. The molecule has 0 spiro atoms. The van der Waals surface area contributed by atoms with Crippen LogP contribution in [0.3, 0.4) is 0 Å². The first-order valence-corrected chi connectivity index (χ1v) is 9.77. The molecule has 1 saturated heterocycles. The first kappa shape index (κ1) is 15.9. The van der Waals surface area contributed by atoms with Crippen LogP contribution in [0.4, 0.5) is 0 Å². The molecule has 114 valence electrons. The average molecular weight is 318 g/mol. The number of furan rings is 1. The maximum Gasteiger partial charge on any atom is 0.166 e. The van der Waals surface area contributed by atoms with Gasteiger partial charge in [0.05, 0.1) is 12.8 Å². The van der Waals surface area contributed by atoms with E-state index in [1.807, 2.05) is 12.1 Å². The van der Waals surface area contributed by atoms with Crippen molar-refractivity contribution >= 4 is 21.6 Å². The lowest BCUT2D eigenvalue weighted by Crippen LogP contribution is -2.49.